The molecule has 22 heavy (non-hydrogen) atoms. The van der Waals surface area contributed by atoms with E-state index < -0.39 is 6.10 Å². The number of nitrogens with one attached hydrogen (secondary N) is 1. The smallest absolute Gasteiger partial charge is 0.226 e. The van der Waals surface area contributed by atoms with E-state index in [1.807, 2.05) is 0 Å². The molecule has 0 saturated carbocycles. The van der Waals surface area contributed by atoms with Crippen LogP contribution in [0.25, 0.3) is 0 Å². The maximum atomic E-state index is 12.9. The minimum Gasteiger partial charge on any atom is -0.391 e. The number of aliphatic hydroxyl groups is 1. The molecule has 6 heteroatoms. The Kier molecular flexibility index (Phi) is 5.49. The molecule has 0 bridgehead atoms. The molecular formula is C16H21FN2O3. The monoisotopic (exact) mass is 308 g/mol. The first-order valence-electron chi connectivity index (χ1n) is 7.43. The topological polar surface area (TPSA) is 69.6 Å². The molecule has 1 fully saturated rings. The Morgan fingerprint density at radius 1 is 1.27 bits per heavy atom. The van der Waals surface area contributed by atoms with Crippen LogP contribution in [0, 0.1) is 5.82 Å². The number of rotatable bonds is 3. The second-order valence-electron chi connectivity index (χ2n) is 5.64. The minimum absolute atomic E-state index is 0.0534. The summed E-state index contributed by atoms with van der Waals surface area (Å²) < 4.78 is 12.9. The van der Waals surface area contributed by atoms with Gasteiger partial charge in [0.25, 0.3) is 0 Å². The number of likely N-dealkylation sites (tertiary alicyclic amines) is 1. The number of nitrogens with zero attached hydrogens (tertiary/aromatic N) is 1. The van der Waals surface area contributed by atoms with E-state index in [-0.39, 0.29) is 30.1 Å². The van der Waals surface area contributed by atoms with Crippen molar-refractivity contribution in [1.29, 1.82) is 0 Å². The molecule has 1 aromatic carbocycles. The van der Waals surface area contributed by atoms with Crippen LogP contribution in [0.3, 0.4) is 0 Å². The first kappa shape index (κ1) is 16.4. The van der Waals surface area contributed by atoms with Gasteiger partial charge in [0.1, 0.15) is 5.82 Å². The van der Waals surface area contributed by atoms with Crippen LogP contribution >= 0.6 is 0 Å². The number of hydrogen-bond acceptors (Lipinski definition) is 3. The van der Waals surface area contributed by atoms with Crippen molar-refractivity contribution in [2.24, 2.45) is 0 Å². The third kappa shape index (κ3) is 4.53. The highest BCUT2D eigenvalue weighted by Gasteiger charge is 2.27. The van der Waals surface area contributed by atoms with Crippen molar-refractivity contribution in [3.05, 3.63) is 35.6 Å². The number of carbonyl (C=O) groups excluding carboxylic acids is 2. The quantitative estimate of drug-likeness (QED) is 0.870. The lowest BCUT2D eigenvalue weighted by atomic mass is 10.1. The summed E-state index contributed by atoms with van der Waals surface area (Å²) in [5, 5.41) is 12.7. The molecule has 120 valence electrons. The first-order chi connectivity index (χ1) is 10.5. The molecule has 1 aliphatic rings. The predicted molar refractivity (Wildman–Crippen MR) is 79.5 cm³/mol. The second kappa shape index (κ2) is 7.35. The molecule has 1 aromatic rings. The minimum atomic E-state index is -0.646. The molecule has 0 spiro atoms. The van der Waals surface area contributed by atoms with Crippen LogP contribution in [-0.4, -0.2) is 47.1 Å². The summed E-state index contributed by atoms with van der Waals surface area (Å²) in [6.07, 6.45) is 0.518. The number of carbonyl (C=O) groups is 2. The summed E-state index contributed by atoms with van der Waals surface area (Å²) in [4.78, 5) is 25.1. The van der Waals surface area contributed by atoms with Crippen molar-refractivity contribution in [3.8, 4) is 0 Å². The third-order valence-corrected chi connectivity index (χ3v) is 3.88. The van der Waals surface area contributed by atoms with Gasteiger partial charge in [-0.2, -0.15) is 0 Å². The largest absolute Gasteiger partial charge is 0.391 e. The van der Waals surface area contributed by atoms with E-state index in [1.165, 1.54) is 19.1 Å². The van der Waals surface area contributed by atoms with Crippen molar-refractivity contribution in [2.75, 3.05) is 13.1 Å². The zero-order valence-corrected chi connectivity index (χ0v) is 12.6. The molecule has 2 rings (SSSR count). The summed E-state index contributed by atoms with van der Waals surface area (Å²) in [5.74, 6) is -0.565. The van der Waals surface area contributed by atoms with Crippen molar-refractivity contribution in [2.45, 2.75) is 38.3 Å². The number of hydrogen-bond donors (Lipinski definition) is 2. The van der Waals surface area contributed by atoms with Gasteiger partial charge in [0, 0.05) is 20.0 Å². The highest BCUT2D eigenvalue weighted by molar-refractivity contribution is 5.78. The second-order valence-corrected chi connectivity index (χ2v) is 5.64. The van der Waals surface area contributed by atoms with Crippen molar-refractivity contribution < 1.29 is 19.1 Å². The number of amides is 2. The lowest BCUT2D eigenvalue weighted by Gasteiger charge is -2.21. The van der Waals surface area contributed by atoms with Crippen molar-refractivity contribution in [1.82, 2.24) is 10.2 Å². The van der Waals surface area contributed by atoms with Crippen LogP contribution in [0.1, 0.15) is 25.3 Å². The number of benzene rings is 1. The fourth-order valence-corrected chi connectivity index (χ4v) is 2.66. The van der Waals surface area contributed by atoms with E-state index in [1.54, 1.807) is 17.0 Å². The van der Waals surface area contributed by atoms with Gasteiger partial charge in [-0.1, -0.05) is 12.1 Å². The van der Waals surface area contributed by atoms with Gasteiger partial charge in [-0.25, -0.2) is 4.39 Å². The van der Waals surface area contributed by atoms with E-state index >= 15 is 0 Å². The van der Waals surface area contributed by atoms with Crippen LogP contribution in [-0.2, 0) is 16.0 Å². The first-order valence-corrected chi connectivity index (χ1v) is 7.43. The highest BCUT2D eigenvalue weighted by Crippen LogP contribution is 2.14. The third-order valence-electron chi connectivity index (χ3n) is 3.88. The maximum Gasteiger partial charge on any atom is 0.226 e. The van der Waals surface area contributed by atoms with Crippen molar-refractivity contribution >= 4 is 11.8 Å². The van der Waals surface area contributed by atoms with Gasteiger partial charge < -0.3 is 15.3 Å². The fraction of sp³-hybridized carbons (Fsp3) is 0.500. The lowest BCUT2D eigenvalue weighted by molar-refractivity contribution is -0.130. The molecule has 2 N–H and O–H groups in total. The Morgan fingerprint density at radius 2 is 1.91 bits per heavy atom. The van der Waals surface area contributed by atoms with Gasteiger partial charge in [0.2, 0.25) is 11.8 Å². The Bertz CT molecular complexity index is 533. The van der Waals surface area contributed by atoms with Crippen LogP contribution in [0.4, 0.5) is 4.39 Å². The molecular weight excluding hydrogens is 287 g/mol. The van der Waals surface area contributed by atoms with Gasteiger partial charge in [-0.15, -0.1) is 0 Å². The molecule has 1 heterocycles. The molecule has 0 aromatic heterocycles. The van der Waals surface area contributed by atoms with Gasteiger partial charge in [-0.05, 0) is 30.5 Å². The number of halogens is 1. The zero-order chi connectivity index (χ0) is 16.1. The Labute approximate surface area is 129 Å². The normalized spacial score (nSPS) is 22.0. The molecule has 1 aliphatic heterocycles. The van der Waals surface area contributed by atoms with Crippen molar-refractivity contribution in [3.63, 3.8) is 0 Å². The Hall–Kier alpha value is -1.95. The molecule has 0 radical (unpaired) electrons. The molecule has 5 nitrogen and oxygen atoms in total. The predicted octanol–water partition coefficient (Wildman–Crippen LogP) is 0.856. The SMILES string of the molecule is CC(=O)N[C@H]1CCN(C(=O)Cc2ccc(F)cc2)CC[C@@H]1O. The summed E-state index contributed by atoms with van der Waals surface area (Å²) in [7, 11) is 0. The molecule has 1 saturated heterocycles. The molecule has 0 aliphatic carbocycles. The molecule has 0 unspecified atom stereocenters. The van der Waals surface area contributed by atoms with Crippen LogP contribution in [0.15, 0.2) is 24.3 Å². The van der Waals surface area contributed by atoms with Gasteiger partial charge >= 0.3 is 0 Å². The standard InChI is InChI=1S/C16H21FN2O3/c1-11(20)18-14-6-8-19(9-7-15(14)21)16(22)10-12-2-4-13(17)5-3-12/h2-5,14-15,21H,6-10H2,1H3,(H,18,20)/t14-,15-/m0/s1. The van der Waals surface area contributed by atoms with E-state index in [2.05, 4.69) is 5.32 Å². The lowest BCUT2D eigenvalue weighted by Crippen LogP contribution is -2.42. The van der Waals surface area contributed by atoms with Gasteiger partial charge in [0.05, 0.1) is 18.6 Å². The van der Waals surface area contributed by atoms with E-state index in [0.717, 1.165) is 5.56 Å². The summed E-state index contributed by atoms with van der Waals surface area (Å²) in [6.45, 7) is 2.36. The summed E-state index contributed by atoms with van der Waals surface area (Å²) in [5.41, 5.74) is 0.759. The van der Waals surface area contributed by atoms with Gasteiger partial charge in [-0.3, -0.25) is 9.59 Å². The highest BCUT2D eigenvalue weighted by atomic mass is 19.1. The van der Waals surface area contributed by atoms with Crippen LogP contribution in [0.2, 0.25) is 0 Å². The zero-order valence-electron chi connectivity index (χ0n) is 12.6. The molecule has 2 amide bonds. The van der Waals surface area contributed by atoms with E-state index in [4.69, 9.17) is 0 Å². The Morgan fingerprint density at radius 3 is 2.55 bits per heavy atom. The average molecular weight is 308 g/mol. The fourth-order valence-electron chi connectivity index (χ4n) is 2.66. The van der Waals surface area contributed by atoms with Crippen LogP contribution in [0.5, 0.6) is 0 Å². The van der Waals surface area contributed by atoms with E-state index in [0.29, 0.717) is 25.9 Å². The molecule has 2 atom stereocenters. The summed E-state index contributed by atoms with van der Waals surface area (Å²) >= 11 is 0. The number of aliphatic hydroxyl groups excluding tert-OH is 1. The van der Waals surface area contributed by atoms with E-state index in [9.17, 15) is 19.1 Å². The Balaban J connectivity index is 1.93. The summed E-state index contributed by atoms with van der Waals surface area (Å²) in [6, 6.07) is 5.55. The van der Waals surface area contributed by atoms with Crippen LogP contribution < -0.4 is 5.32 Å². The average Bonchev–Trinajstić information content (AvgIpc) is 2.64. The maximum absolute atomic E-state index is 12.9. The van der Waals surface area contributed by atoms with Gasteiger partial charge in [0.15, 0.2) is 0 Å².